The Hall–Kier alpha value is -1.91. The Morgan fingerprint density at radius 2 is 2.05 bits per heavy atom. The Labute approximate surface area is 118 Å². The summed E-state index contributed by atoms with van der Waals surface area (Å²) in [5.74, 6) is 2.78. The molecule has 108 valence electrons. The molecule has 0 radical (unpaired) electrons. The summed E-state index contributed by atoms with van der Waals surface area (Å²) in [5, 5.41) is 0. The molecule has 0 unspecified atom stereocenters. The topological polar surface area (TPSA) is 48.0 Å². The van der Waals surface area contributed by atoms with Crippen molar-refractivity contribution in [3.8, 4) is 17.2 Å². The molecule has 2 aliphatic rings. The van der Waals surface area contributed by atoms with Gasteiger partial charge in [0.05, 0.1) is 0 Å². The van der Waals surface area contributed by atoms with Gasteiger partial charge in [0.2, 0.25) is 6.79 Å². The lowest BCUT2D eigenvalue weighted by Gasteiger charge is -2.30. The van der Waals surface area contributed by atoms with Gasteiger partial charge in [-0.2, -0.15) is 0 Å². The van der Waals surface area contributed by atoms with Crippen molar-refractivity contribution in [2.45, 2.75) is 19.8 Å². The predicted octanol–water partition coefficient (Wildman–Crippen LogP) is 2.05. The number of carbonyl (C=O) groups excluding carboxylic acids is 1. The van der Waals surface area contributed by atoms with E-state index in [1.807, 2.05) is 4.90 Å². The van der Waals surface area contributed by atoms with E-state index in [1.165, 1.54) is 0 Å². The molecule has 2 heterocycles. The van der Waals surface area contributed by atoms with Gasteiger partial charge in [-0.3, -0.25) is 4.79 Å². The number of benzene rings is 1. The largest absolute Gasteiger partial charge is 0.484 e. The summed E-state index contributed by atoms with van der Waals surface area (Å²) in [4.78, 5) is 13.9. The maximum Gasteiger partial charge on any atom is 0.260 e. The van der Waals surface area contributed by atoms with Gasteiger partial charge in [0, 0.05) is 19.2 Å². The summed E-state index contributed by atoms with van der Waals surface area (Å²) in [6.07, 6.45) is 2.16. The Morgan fingerprint density at radius 3 is 2.85 bits per heavy atom. The van der Waals surface area contributed by atoms with E-state index >= 15 is 0 Å². The van der Waals surface area contributed by atoms with E-state index in [0.29, 0.717) is 23.2 Å². The van der Waals surface area contributed by atoms with Gasteiger partial charge in [0.15, 0.2) is 18.1 Å². The number of fused-ring (bicyclic) bond motifs is 1. The molecule has 5 nitrogen and oxygen atoms in total. The summed E-state index contributed by atoms with van der Waals surface area (Å²) in [7, 11) is 0. The molecule has 20 heavy (non-hydrogen) atoms. The Kier molecular flexibility index (Phi) is 3.67. The number of hydrogen-bond donors (Lipinski definition) is 0. The fraction of sp³-hybridized carbons (Fsp3) is 0.533. The van der Waals surface area contributed by atoms with Crippen molar-refractivity contribution in [1.29, 1.82) is 0 Å². The first kappa shape index (κ1) is 13.1. The van der Waals surface area contributed by atoms with Crippen LogP contribution in [-0.4, -0.2) is 37.3 Å². The quantitative estimate of drug-likeness (QED) is 0.848. The van der Waals surface area contributed by atoms with Crippen molar-refractivity contribution in [3.05, 3.63) is 18.2 Å². The molecule has 0 spiro atoms. The van der Waals surface area contributed by atoms with Crippen LogP contribution in [0.2, 0.25) is 0 Å². The van der Waals surface area contributed by atoms with E-state index in [0.717, 1.165) is 25.9 Å². The molecule has 5 heteroatoms. The third-order valence-corrected chi connectivity index (χ3v) is 3.84. The van der Waals surface area contributed by atoms with Crippen LogP contribution in [0.1, 0.15) is 19.8 Å². The van der Waals surface area contributed by atoms with E-state index in [-0.39, 0.29) is 19.3 Å². The van der Waals surface area contributed by atoms with E-state index in [9.17, 15) is 4.79 Å². The van der Waals surface area contributed by atoms with Gasteiger partial charge in [0.1, 0.15) is 5.75 Å². The van der Waals surface area contributed by atoms with Crippen molar-refractivity contribution in [3.63, 3.8) is 0 Å². The van der Waals surface area contributed by atoms with E-state index in [1.54, 1.807) is 18.2 Å². The molecule has 1 saturated heterocycles. The lowest BCUT2D eigenvalue weighted by molar-refractivity contribution is -0.134. The zero-order chi connectivity index (χ0) is 13.9. The summed E-state index contributed by atoms with van der Waals surface area (Å²) in [6.45, 7) is 4.22. The minimum Gasteiger partial charge on any atom is -0.484 e. The van der Waals surface area contributed by atoms with Crippen LogP contribution in [0.15, 0.2) is 18.2 Å². The zero-order valence-corrected chi connectivity index (χ0v) is 11.6. The molecule has 0 aromatic heterocycles. The smallest absolute Gasteiger partial charge is 0.260 e. The number of likely N-dealkylation sites (tertiary alicyclic amines) is 1. The van der Waals surface area contributed by atoms with E-state index < -0.39 is 0 Å². The number of rotatable bonds is 3. The van der Waals surface area contributed by atoms with Crippen molar-refractivity contribution >= 4 is 5.91 Å². The Balaban J connectivity index is 1.53. The summed E-state index contributed by atoms with van der Waals surface area (Å²) in [5.41, 5.74) is 0. The van der Waals surface area contributed by atoms with Crippen LogP contribution in [0.4, 0.5) is 0 Å². The van der Waals surface area contributed by atoms with Gasteiger partial charge in [0.25, 0.3) is 5.91 Å². The lowest BCUT2D eigenvalue weighted by Crippen LogP contribution is -2.40. The van der Waals surface area contributed by atoms with Crippen LogP contribution in [0.3, 0.4) is 0 Å². The lowest BCUT2D eigenvalue weighted by atomic mass is 9.99. The molecule has 1 fully saturated rings. The highest BCUT2D eigenvalue weighted by Crippen LogP contribution is 2.35. The first-order valence-electron chi connectivity index (χ1n) is 7.02. The number of nitrogens with zero attached hydrogens (tertiary/aromatic N) is 1. The van der Waals surface area contributed by atoms with Crippen LogP contribution in [0, 0.1) is 5.92 Å². The second kappa shape index (κ2) is 5.61. The van der Waals surface area contributed by atoms with Crippen molar-refractivity contribution in [1.82, 2.24) is 4.90 Å². The standard InChI is InChI=1S/C15H19NO4/c1-11-4-6-16(7-5-11)15(17)9-18-12-2-3-13-14(8-12)20-10-19-13/h2-3,8,11H,4-7,9-10H2,1H3. The Bertz CT molecular complexity index is 495. The Morgan fingerprint density at radius 1 is 1.30 bits per heavy atom. The normalized spacial score (nSPS) is 18.1. The molecular formula is C15H19NO4. The van der Waals surface area contributed by atoms with Gasteiger partial charge < -0.3 is 19.1 Å². The number of carbonyl (C=O) groups is 1. The number of piperidine rings is 1. The molecule has 1 aromatic rings. The minimum atomic E-state index is 0.0505. The van der Waals surface area contributed by atoms with Crippen LogP contribution in [0.25, 0.3) is 0 Å². The summed E-state index contributed by atoms with van der Waals surface area (Å²) < 4.78 is 16.1. The van der Waals surface area contributed by atoms with Crippen LogP contribution in [0.5, 0.6) is 17.2 Å². The average molecular weight is 277 g/mol. The maximum absolute atomic E-state index is 12.1. The molecule has 0 atom stereocenters. The molecular weight excluding hydrogens is 258 g/mol. The second-order valence-corrected chi connectivity index (χ2v) is 5.37. The molecule has 0 saturated carbocycles. The SMILES string of the molecule is CC1CCN(C(=O)COc2ccc3c(c2)OCO3)CC1. The van der Waals surface area contributed by atoms with Crippen molar-refractivity contribution in [2.24, 2.45) is 5.92 Å². The highest BCUT2D eigenvalue weighted by Gasteiger charge is 2.21. The van der Waals surface area contributed by atoms with Crippen LogP contribution < -0.4 is 14.2 Å². The first-order valence-corrected chi connectivity index (χ1v) is 7.02. The fourth-order valence-electron chi connectivity index (χ4n) is 2.46. The second-order valence-electron chi connectivity index (χ2n) is 5.37. The van der Waals surface area contributed by atoms with Crippen LogP contribution in [-0.2, 0) is 4.79 Å². The highest BCUT2D eigenvalue weighted by molar-refractivity contribution is 5.77. The molecule has 1 aromatic carbocycles. The summed E-state index contributed by atoms with van der Waals surface area (Å²) >= 11 is 0. The van der Waals surface area contributed by atoms with Gasteiger partial charge in [-0.15, -0.1) is 0 Å². The number of hydrogen-bond acceptors (Lipinski definition) is 4. The minimum absolute atomic E-state index is 0.0505. The molecule has 0 bridgehead atoms. The molecule has 2 aliphatic heterocycles. The van der Waals surface area contributed by atoms with Crippen molar-refractivity contribution < 1.29 is 19.0 Å². The average Bonchev–Trinajstić information content (AvgIpc) is 2.93. The molecule has 0 N–H and O–H groups in total. The first-order chi connectivity index (χ1) is 9.72. The molecule has 3 rings (SSSR count). The summed E-state index contributed by atoms with van der Waals surface area (Å²) in [6, 6.07) is 5.34. The van der Waals surface area contributed by atoms with Gasteiger partial charge >= 0.3 is 0 Å². The van der Waals surface area contributed by atoms with E-state index in [4.69, 9.17) is 14.2 Å². The van der Waals surface area contributed by atoms with E-state index in [2.05, 4.69) is 6.92 Å². The third kappa shape index (κ3) is 2.81. The van der Waals surface area contributed by atoms with Crippen molar-refractivity contribution in [2.75, 3.05) is 26.5 Å². The highest BCUT2D eigenvalue weighted by atomic mass is 16.7. The van der Waals surface area contributed by atoms with Gasteiger partial charge in [-0.05, 0) is 30.9 Å². The fourth-order valence-corrected chi connectivity index (χ4v) is 2.46. The van der Waals surface area contributed by atoms with Gasteiger partial charge in [-0.1, -0.05) is 6.92 Å². The van der Waals surface area contributed by atoms with Gasteiger partial charge in [-0.25, -0.2) is 0 Å². The number of ether oxygens (including phenoxy) is 3. The van der Waals surface area contributed by atoms with Crippen LogP contribution >= 0.6 is 0 Å². The maximum atomic E-state index is 12.1. The zero-order valence-electron chi connectivity index (χ0n) is 11.6. The number of amides is 1. The predicted molar refractivity (Wildman–Crippen MR) is 73.0 cm³/mol. The third-order valence-electron chi connectivity index (χ3n) is 3.84. The monoisotopic (exact) mass is 277 g/mol. The molecule has 1 amide bonds. The molecule has 0 aliphatic carbocycles.